The van der Waals surface area contributed by atoms with Crippen LogP contribution in [-0.2, 0) is 6.42 Å². The molecule has 0 unspecified atom stereocenters. The fraction of sp³-hybridized carbons (Fsp3) is 0.533. The van der Waals surface area contributed by atoms with Crippen LogP contribution in [0.1, 0.15) is 87.7 Å². The predicted octanol–water partition coefficient (Wildman–Crippen LogP) is 9.14. The average Bonchev–Trinajstić information content (AvgIpc) is 2.82. The first-order chi connectivity index (χ1) is 15.2. The van der Waals surface area contributed by atoms with Gasteiger partial charge < -0.3 is 0 Å². The van der Waals surface area contributed by atoms with Gasteiger partial charge in [-0.3, -0.25) is 0 Å². The number of rotatable bonds is 8. The molecule has 0 radical (unpaired) electrons. The highest BCUT2D eigenvalue weighted by Crippen LogP contribution is 2.41. The SMILES string of the molecule is C=CCCc1ccc2c(F)c(C3CCC(CCC4CCC(C=C)CC4)CC3)ccc2c1. The van der Waals surface area contributed by atoms with Gasteiger partial charge in [0, 0.05) is 5.39 Å². The van der Waals surface area contributed by atoms with Gasteiger partial charge in [0.1, 0.15) is 5.82 Å². The Morgan fingerprint density at radius 2 is 1.52 bits per heavy atom. The zero-order valence-corrected chi connectivity index (χ0v) is 19.1. The van der Waals surface area contributed by atoms with Crippen LogP contribution in [0.2, 0.25) is 0 Å². The van der Waals surface area contributed by atoms with Crippen LogP contribution in [0.15, 0.2) is 55.6 Å². The Labute approximate surface area is 188 Å². The molecule has 0 aromatic heterocycles. The number of aryl methyl sites for hydroxylation is 1. The molecule has 0 heterocycles. The number of fused-ring (bicyclic) bond motifs is 1. The summed E-state index contributed by atoms with van der Waals surface area (Å²) < 4.78 is 15.4. The fourth-order valence-electron chi connectivity index (χ4n) is 6.04. The first kappa shape index (κ1) is 22.3. The second-order valence-electron chi connectivity index (χ2n) is 10.2. The summed E-state index contributed by atoms with van der Waals surface area (Å²) in [6.45, 7) is 7.77. The van der Waals surface area contributed by atoms with Gasteiger partial charge in [-0.1, -0.05) is 55.3 Å². The zero-order chi connectivity index (χ0) is 21.6. The minimum absolute atomic E-state index is 0.0233. The number of hydrogen-bond acceptors (Lipinski definition) is 0. The number of hydrogen-bond donors (Lipinski definition) is 0. The second kappa shape index (κ2) is 10.6. The molecule has 2 saturated carbocycles. The minimum atomic E-state index is 0.0233. The average molecular weight is 419 g/mol. The molecular weight excluding hydrogens is 379 g/mol. The van der Waals surface area contributed by atoms with Gasteiger partial charge in [0.2, 0.25) is 0 Å². The summed E-state index contributed by atoms with van der Waals surface area (Å²) in [5, 5.41) is 1.82. The molecule has 0 aliphatic heterocycles. The van der Waals surface area contributed by atoms with E-state index in [0.717, 1.165) is 59.8 Å². The summed E-state index contributed by atoms with van der Waals surface area (Å²) in [5.74, 6) is 2.97. The molecule has 1 heteroatoms. The molecule has 2 aliphatic rings. The molecule has 0 atom stereocenters. The van der Waals surface area contributed by atoms with Crippen LogP contribution in [0.5, 0.6) is 0 Å². The summed E-state index contributed by atoms with van der Waals surface area (Å²) in [5.41, 5.74) is 2.21. The third-order valence-electron chi connectivity index (χ3n) is 8.18. The maximum atomic E-state index is 15.4. The minimum Gasteiger partial charge on any atom is -0.206 e. The van der Waals surface area contributed by atoms with Gasteiger partial charge in [0.15, 0.2) is 0 Å². The van der Waals surface area contributed by atoms with Gasteiger partial charge in [-0.25, -0.2) is 4.39 Å². The van der Waals surface area contributed by atoms with Crippen molar-refractivity contribution in [2.45, 2.75) is 83.0 Å². The number of allylic oxidation sites excluding steroid dienone is 2. The van der Waals surface area contributed by atoms with Crippen LogP contribution >= 0.6 is 0 Å². The van der Waals surface area contributed by atoms with E-state index in [0.29, 0.717) is 5.92 Å². The summed E-state index contributed by atoms with van der Waals surface area (Å²) >= 11 is 0. The Balaban J connectivity index is 1.31. The fourth-order valence-corrected chi connectivity index (χ4v) is 6.04. The van der Waals surface area contributed by atoms with E-state index in [1.54, 1.807) is 0 Å². The Kier molecular flexibility index (Phi) is 7.64. The van der Waals surface area contributed by atoms with E-state index >= 15 is 4.39 Å². The molecule has 4 rings (SSSR count). The lowest BCUT2D eigenvalue weighted by Crippen LogP contribution is -2.17. The predicted molar refractivity (Wildman–Crippen MR) is 132 cm³/mol. The van der Waals surface area contributed by atoms with Gasteiger partial charge in [0.25, 0.3) is 0 Å². The van der Waals surface area contributed by atoms with E-state index in [-0.39, 0.29) is 5.82 Å². The van der Waals surface area contributed by atoms with Crippen LogP contribution in [0.3, 0.4) is 0 Å². The molecule has 2 aliphatic carbocycles. The molecule has 2 fully saturated rings. The van der Waals surface area contributed by atoms with E-state index in [1.165, 1.54) is 56.9 Å². The Bertz CT molecular complexity index is 879. The van der Waals surface area contributed by atoms with E-state index < -0.39 is 0 Å². The lowest BCUT2D eigenvalue weighted by Gasteiger charge is -2.31. The summed E-state index contributed by atoms with van der Waals surface area (Å²) in [6.07, 6.45) is 19.1. The maximum Gasteiger partial charge on any atom is 0.134 e. The highest BCUT2D eigenvalue weighted by Gasteiger charge is 2.26. The highest BCUT2D eigenvalue weighted by atomic mass is 19.1. The van der Waals surface area contributed by atoms with Crippen LogP contribution < -0.4 is 0 Å². The standard InChI is InChI=1S/C30H39F/c1-3-5-6-25-15-19-29-27(21-25)18-20-28(30(29)31)26-16-13-24(14-17-26)12-11-23-9-7-22(4-2)8-10-23/h3-4,15,18-24,26H,1-2,5-14,16-17H2. The third-order valence-corrected chi connectivity index (χ3v) is 8.18. The van der Waals surface area contributed by atoms with Crippen LogP contribution in [-0.4, -0.2) is 0 Å². The van der Waals surface area contributed by atoms with Gasteiger partial charge in [-0.05, 0) is 104 Å². The largest absolute Gasteiger partial charge is 0.206 e. The lowest BCUT2D eigenvalue weighted by atomic mass is 9.74. The van der Waals surface area contributed by atoms with E-state index in [2.05, 4.69) is 43.5 Å². The number of benzene rings is 2. The monoisotopic (exact) mass is 418 g/mol. The topological polar surface area (TPSA) is 0 Å². The van der Waals surface area contributed by atoms with Crippen molar-refractivity contribution in [3.8, 4) is 0 Å². The van der Waals surface area contributed by atoms with Crippen molar-refractivity contribution < 1.29 is 4.39 Å². The van der Waals surface area contributed by atoms with E-state index in [4.69, 9.17) is 0 Å². The van der Waals surface area contributed by atoms with Crippen molar-refractivity contribution in [1.29, 1.82) is 0 Å². The van der Waals surface area contributed by atoms with Crippen molar-refractivity contribution >= 4 is 10.8 Å². The van der Waals surface area contributed by atoms with Crippen molar-refractivity contribution in [1.82, 2.24) is 0 Å². The molecule has 166 valence electrons. The van der Waals surface area contributed by atoms with Crippen molar-refractivity contribution in [2.24, 2.45) is 17.8 Å². The molecular formula is C30H39F. The second-order valence-corrected chi connectivity index (χ2v) is 10.2. The van der Waals surface area contributed by atoms with Crippen LogP contribution in [0.4, 0.5) is 4.39 Å². The van der Waals surface area contributed by atoms with Crippen molar-refractivity contribution in [3.63, 3.8) is 0 Å². The molecule has 0 amide bonds. The van der Waals surface area contributed by atoms with E-state index in [1.807, 2.05) is 12.1 Å². The Morgan fingerprint density at radius 3 is 2.16 bits per heavy atom. The molecule has 0 spiro atoms. The van der Waals surface area contributed by atoms with Gasteiger partial charge in [-0.15, -0.1) is 13.2 Å². The van der Waals surface area contributed by atoms with Crippen LogP contribution in [0.25, 0.3) is 10.8 Å². The first-order valence-electron chi connectivity index (χ1n) is 12.6. The zero-order valence-electron chi connectivity index (χ0n) is 19.1. The molecule has 2 aromatic rings. The third kappa shape index (κ3) is 5.48. The molecule has 31 heavy (non-hydrogen) atoms. The molecule has 0 nitrogen and oxygen atoms in total. The summed E-state index contributed by atoms with van der Waals surface area (Å²) in [6, 6.07) is 10.4. The lowest BCUT2D eigenvalue weighted by molar-refractivity contribution is 0.245. The molecule has 2 aromatic carbocycles. The molecule has 0 saturated heterocycles. The Morgan fingerprint density at radius 1 is 0.839 bits per heavy atom. The summed E-state index contributed by atoms with van der Waals surface area (Å²) in [4.78, 5) is 0. The first-order valence-corrected chi connectivity index (χ1v) is 12.6. The van der Waals surface area contributed by atoms with Crippen LogP contribution in [0, 0.1) is 23.6 Å². The van der Waals surface area contributed by atoms with Crippen molar-refractivity contribution in [3.05, 3.63) is 72.6 Å². The van der Waals surface area contributed by atoms with Gasteiger partial charge in [0.05, 0.1) is 0 Å². The quantitative estimate of drug-likeness (QED) is 0.375. The van der Waals surface area contributed by atoms with Gasteiger partial charge in [-0.2, -0.15) is 0 Å². The normalized spacial score (nSPS) is 26.6. The van der Waals surface area contributed by atoms with E-state index in [9.17, 15) is 0 Å². The maximum absolute atomic E-state index is 15.4. The Hall–Kier alpha value is -1.89. The smallest absolute Gasteiger partial charge is 0.134 e. The molecule has 0 bridgehead atoms. The number of halogens is 1. The molecule has 0 N–H and O–H groups in total. The van der Waals surface area contributed by atoms with Crippen molar-refractivity contribution in [2.75, 3.05) is 0 Å². The highest BCUT2D eigenvalue weighted by molar-refractivity contribution is 5.84. The van der Waals surface area contributed by atoms with Gasteiger partial charge >= 0.3 is 0 Å². The summed E-state index contributed by atoms with van der Waals surface area (Å²) in [7, 11) is 0.